The van der Waals surface area contributed by atoms with E-state index in [4.69, 9.17) is 4.74 Å². The molecule has 0 N–H and O–H groups in total. The largest absolute Gasteiger partial charge is 0.573 e. The van der Waals surface area contributed by atoms with Gasteiger partial charge < -0.3 is 14.0 Å². The molecule has 3 heterocycles. The average molecular weight is 470 g/mol. The number of likely N-dealkylation sites (tertiary alicyclic amines) is 1. The van der Waals surface area contributed by atoms with Crippen LogP contribution in [0.4, 0.5) is 13.2 Å². The van der Waals surface area contributed by atoms with Crippen molar-refractivity contribution in [2.75, 3.05) is 20.2 Å². The number of rotatable bonds is 5. The lowest BCUT2D eigenvalue weighted by molar-refractivity contribution is -0.274. The van der Waals surface area contributed by atoms with Crippen LogP contribution in [0.15, 0.2) is 65.5 Å². The fraction of sp³-hybridized carbons (Fsp3) is 0.346. The predicted octanol–water partition coefficient (Wildman–Crippen LogP) is 5.04. The van der Waals surface area contributed by atoms with Crippen molar-refractivity contribution in [1.29, 1.82) is 0 Å². The van der Waals surface area contributed by atoms with Crippen LogP contribution < -0.4 is 15.0 Å². The summed E-state index contributed by atoms with van der Waals surface area (Å²) in [5.41, 5.74) is 3.22. The molecule has 0 spiro atoms. The first-order valence-corrected chi connectivity index (χ1v) is 11.2. The number of halogens is 3. The van der Waals surface area contributed by atoms with Crippen molar-refractivity contribution >= 4 is 0 Å². The Balaban J connectivity index is 1.35. The SMILES string of the molecule is COc1ccc(CN2C[C@@H]3C[C@H](C2)c2ccc(-c4ccc(OC(F)(F)F)cc4)c(=O)n2C3)cc1. The summed E-state index contributed by atoms with van der Waals surface area (Å²) >= 11 is 0. The molecule has 5 nitrogen and oxygen atoms in total. The zero-order valence-electron chi connectivity index (χ0n) is 18.7. The van der Waals surface area contributed by atoms with Crippen molar-refractivity contribution in [2.24, 2.45) is 5.92 Å². The highest BCUT2D eigenvalue weighted by atomic mass is 19.4. The van der Waals surface area contributed by atoms with Gasteiger partial charge in [-0.3, -0.25) is 9.69 Å². The molecule has 34 heavy (non-hydrogen) atoms. The van der Waals surface area contributed by atoms with Gasteiger partial charge in [-0.15, -0.1) is 13.2 Å². The van der Waals surface area contributed by atoms with Gasteiger partial charge in [0, 0.05) is 43.4 Å². The summed E-state index contributed by atoms with van der Waals surface area (Å²) in [4.78, 5) is 15.8. The van der Waals surface area contributed by atoms with Crippen molar-refractivity contribution in [3.63, 3.8) is 0 Å². The van der Waals surface area contributed by atoms with Gasteiger partial charge in [0.25, 0.3) is 5.56 Å². The van der Waals surface area contributed by atoms with E-state index in [1.807, 2.05) is 22.8 Å². The van der Waals surface area contributed by atoms with Crippen molar-refractivity contribution in [3.8, 4) is 22.6 Å². The number of benzene rings is 2. The van der Waals surface area contributed by atoms with Crippen LogP contribution in [0.2, 0.25) is 0 Å². The number of aromatic nitrogens is 1. The van der Waals surface area contributed by atoms with E-state index in [-0.39, 0.29) is 17.2 Å². The van der Waals surface area contributed by atoms with Crippen molar-refractivity contribution in [1.82, 2.24) is 9.47 Å². The number of ether oxygens (including phenoxy) is 2. The molecule has 0 unspecified atom stereocenters. The highest BCUT2D eigenvalue weighted by molar-refractivity contribution is 5.63. The van der Waals surface area contributed by atoms with Crippen LogP contribution in [0, 0.1) is 5.92 Å². The third-order valence-electron chi connectivity index (χ3n) is 6.64. The summed E-state index contributed by atoms with van der Waals surface area (Å²) in [7, 11) is 1.66. The Labute approximate surface area is 195 Å². The minimum Gasteiger partial charge on any atom is -0.497 e. The second-order valence-corrected chi connectivity index (χ2v) is 9.00. The maximum absolute atomic E-state index is 13.3. The molecule has 0 amide bonds. The molecule has 1 fully saturated rings. The molecule has 0 saturated carbocycles. The first kappa shape index (κ1) is 22.5. The van der Waals surface area contributed by atoms with Gasteiger partial charge in [-0.25, -0.2) is 0 Å². The van der Waals surface area contributed by atoms with E-state index < -0.39 is 6.36 Å². The fourth-order valence-corrected chi connectivity index (χ4v) is 5.22. The van der Waals surface area contributed by atoms with E-state index in [2.05, 4.69) is 21.8 Å². The number of piperidine rings is 1. The second-order valence-electron chi connectivity index (χ2n) is 9.00. The zero-order valence-corrected chi connectivity index (χ0v) is 18.7. The van der Waals surface area contributed by atoms with Crippen LogP contribution in [0.5, 0.6) is 11.5 Å². The first-order chi connectivity index (χ1) is 16.3. The number of pyridine rings is 1. The van der Waals surface area contributed by atoms with Crippen LogP contribution >= 0.6 is 0 Å². The van der Waals surface area contributed by atoms with E-state index in [1.165, 1.54) is 29.8 Å². The first-order valence-electron chi connectivity index (χ1n) is 11.2. The van der Waals surface area contributed by atoms with Crippen LogP contribution in [0.25, 0.3) is 11.1 Å². The Morgan fingerprint density at radius 1 is 0.912 bits per heavy atom. The number of methoxy groups -OCH3 is 1. The van der Waals surface area contributed by atoms with Crippen molar-refractivity contribution < 1.29 is 22.6 Å². The topological polar surface area (TPSA) is 43.7 Å². The van der Waals surface area contributed by atoms with Gasteiger partial charge in [-0.2, -0.15) is 0 Å². The molecule has 5 rings (SSSR count). The number of alkyl halides is 3. The van der Waals surface area contributed by atoms with Gasteiger partial charge in [0.2, 0.25) is 0 Å². The molecule has 2 aromatic carbocycles. The maximum atomic E-state index is 13.3. The van der Waals surface area contributed by atoms with Gasteiger partial charge in [-0.05, 0) is 59.9 Å². The predicted molar refractivity (Wildman–Crippen MR) is 122 cm³/mol. The summed E-state index contributed by atoms with van der Waals surface area (Å²) in [5, 5.41) is 0. The number of fused-ring (bicyclic) bond motifs is 4. The monoisotopic (exact) mass is 470 g/mol. The Morgan fingerprint density at radius 2 is 1.62 bits per heavy atom. The van der Waals surface area contributed by atoms with E-state index in [0.29, 0.717) is 23.6 Å². The normalized spacial score (nSPS) is 20.0. The average Bonchev–Trinajstić information content (AvgIpc) is 2.80. The molecule has 2 bridgehead atoms. The highest BCUT2D eigenvalue weighted by Crippen LogP contribution is 2.36. The van der Waals surface area contributed by atoms with Crippen LogP contribution in [-0.2, 0) is 13.1 Å². The number of nitrogens with zero attached hydrogens (tertiary/aromatic N) is 2. The lowest BCUT2D eigenvalue weighted by Gasteiger charge is -2.43. The van der Waals surface area contributed by atoms with E-state index in [1.54, 1.807) is 13.2 Å². The highest BCUT2D eigenvalue weighted by Gasteiger charge is 2.35. The Kier molecular flexibility index (Phi) is 5.85. The van der Waals surface area contributed by atoms with E-state index >= 15 is 0 Å². The van der Waals surface area contributed by atoms with Gasteiger partial charge in [-0.1, -0.05) is 24.3 Å². The molecule has 0 aliphatic carbocycles. The van der Waals surface area contributed by atoms with E-state index in [0.717, 1.165) is 37.5 Å². The third kappa shape index (κ3) is 4.68. The molecule has 3 aromatic rings. The lowest BCUT2D eigenvalue weighted by Crippen LogP contribution is -2.46. The molecule has 0 radical (unpaired) electrons. The Hall–Kier alpha value is -3.26. The van der Waals surface area contributed by atoms with Crippen molar-refractivity contribution in [3.05, 3.63) is 82.3 Å². The van der Waals surface area contributed by atoms with Gasteiger partial charge in [0.15, 0.2) is 0 Å². The van der Waals surface area contributed by atoms with Gasteiger partial charge in [0.05, 0.1) is 7.11 Å². The molecule has 8 heteroatoms. The Morgan fingerprint density at radius 3 is 2.29 bits per heavy atom. The second kappa shape index (κ2) is 8.83. The summed E-state index contributed by atoms with van der Waals surface area (Å²) < 4.78 is 48.3. The minimum absolute atomic E-state index is 0.0969. The van der Waals surface area contributed by atoms with E-state index in [9.17, 15) is 18.0 Å². The molecule has 2 aliphatic rings. The summed E-state index contributed by atoms with van der Waals surface area (Å²) in [6, 6.07) is 17.3. The molecule has 2 atom stereocenters. The van der Waals surface area contributed by atoms with Gasteiger partial charge >= 0.3 is 6.36 Å². The lowest BCUT2D eigenvalue weighted by atomic mass is 9.82. The third-order valence-corrected chi connectivity index (χ3v) is 6.64. The van der Waals surface area contributed by atoms with Crippen molar-refractivity contribution in [2.45, 2.75) is 31.8 Å². The van der Waals surface area contributed by atoms with Crippen LogP contribution in [-0.4, -0.2) is 36.0 Å². The number of hydrogen-bond acceptors (Lipinski definition) is 4. The molecule has 1 saturated heterocycles. The zero-order chi connectivity index (χ0) is 23.9. The quantitative estimate of drug-likeness (QED) is 0.524. The summed E-state index contributed by atoms with van der Waals surface area (Å²) in [6.45, 7) is 3.30. The van der Waals surface area contributed by atoms with Gasteiger partial charge in [0.1, 0.15) is 11.5 Å². The molecular weight excluding hydrogens is 445 g/mol. The smallest absolute Gasteiger partial charge is 0.497 e. The summed E-state index contributed by atoms with van der Waals surface area (Å²) in [6.07, 6.45) is -3.69. The molecule has 178 valence electrons. The van der Waals surface area contributed by atoms with Crippen LogP contribution in [0.1, 0.15) is 23.6 Å². The maximum Gasteiger partial charge on any atom is 0.573 e. The molecule has 1 aromatic heterocycles. The molecular formula is C26H25F3N2O3. The van der Waals surface area contributed by atoms with Crippen LogP contribution in [0.3, 0.4) is 0 Å². The fourth-order valence-electron chi connectivity index (χ4n) is 5.22. The standard InChI is InChI=1S/C26H25F3N2O3/c1-33-21-6-2-17(3-7-21)13-30-14-18-12-20(16-30)24-11-10-23(25(32)31(24)15-18)19-4-8-22(9-5-19)34-26(27,28)29/h2-11,18,20H,12-16H2,1H3/t18-,20+/m0/s1. The summed E-state index contributed by atoms with van der Waals surface area (Å²) in [5.74, 6) is 1.18. The number of hydrogen-bond donors (Lipinski definition) is 0. The molecule has 2 aliphatic heterocycles. The minimum atomic E-state index is -4.74. The Bertz CT molecular complexity index is 1220.